The van der Waals surface area contributed by atoms with E-state index in [0.717, 1.165) is 128 Å². The van der Waals surface area contributed by atoms with Crippen molar-refractivity contribution < 1.29 is 80.2 Å². The molecule has 0 aromatic heterocycles. The zero-order valence-electron chi connectivity index (χ0n) is 56.0. The minimum Gasteiger partial charge on any atom is -0.462 e. The van der Waals surface area contributed by atoms with Crippen molar-refractivity contribution in [3.8, 4) is 0 Å². The first-order valence-electron chi connectivity index (χ1n) is 34.6. The number of esters is 4. The normalized spacial score (nSPS) is 14.5. The van der Waals surface area contributed by atoms with Crippen molar-refractivity contribution in [2.45, 2.75) is 317 Å². The summed E-state index contributed by atoms with van der Waals surface area (Å²) in [7, 11) is -9.92. The van der Waals surface area contributed by atoms with E-state index in [4.69, 9.17) is 37.0 Å². The van der Waals surface area contributed by atoms with Crippen molar-refractivity contribution in [1.82, 2.24) is 0 Å². The summed E-state index contributed by atoms with van der Waals surface area (Å²) in [5, 5.41) is 10.6. The Morgan fingerprint density at radius 1 is 0.352 bits per heavy atom. The summed E-state index contributed by atoms with van der Waals surface area (Å²) in [6.07, 6.45) is 50.6. The Balaban J connectivity index is 5.27. The summed E-state index contributed by atoms with van der Waals surface area (Å²) >= 11 is 0. The Morgan fingerprint density at radius 2 is 0.614 bits per heavy atom. The second kappa shape index (κ2) is 60.3. The highest BCUT2D eigenvalue weighted by Crippen LogP contribution is 2.45. The summed E-state index contributed by atoms with van der Waals surface area (Å²) in [5.41, 5.74) is 0. The number of carbonyl (C=O) groups is 4. The summed E-state index contributed by atoms with van der Waals surface area (Å²) in [6.45, 7) is 9.21. The number of carbonyl (C=O) groups excluding carboxylic acids is 4. The van der Waals surface area contributed by atoms with E-state index in [-0.39, 0.29) is 25.7 Å². The number of unbranched alkanes of at least 4 members (excludes halogenated alkanes) is 28. The van der Waals surface area contributed by atoms with Gasteiger partial charge in [-0.05, 0) is 88.9 Å². The molecule has 2 unspecified atom stereocenters. The molecule has 0 saturated heterocycles. The molecule has 17 nitrogen and oxygen atoms in total. The number of allylic oxidation sites excluding steroid dienone is 8. The van der Waals surface area contributed by atoms with Gasteiger partial charge in [-0.1, -0.05) is 244 Å². The highest BCUT2D eigenvalue weighted by Gasteiger charge is 2.30. The number of hydrogen-bond acceptors (Lipinski definition) is 15. The van der Waals surface area contributed by atoms with Crippen LogP contribution >= 0.6 is 15.6 Å². The van der Waals surface area contributed by atoms with E-state index in [1.807, 2.05) is 0 Å². The topological polar surface area (TPSA) is 237 Å². The van der Waals surface area contributed by atoms with Gasteiger partial charge in [0.1, 0.15) is 19.3 Å². The third-order valence-corrected chi connectivity index (χ3v) is 16.6. The number of hydrogen-bond donors (Lipinski definition) is 3. The van der Waals surface area contributed by atoms with Crippen LogP contribution in [0.3, 0.4) is 0 Å². The molecule has 0 aliphatic carbocycles. The van der Waals surface area contributed by atoms with Crippen LogP contribution in [0.4, 0.5) is 0 Å². The van der Waals surface area contributed by atoms with Crippen molar-refractivity contribution in [3.05, 3.63) is 48.6 Å². The van der Waals surface area contributed by atoms with Gasteiger partial charge in [0.25, 0.3) is 0 Å². The van der Waals surface area contributed by atoms with Crippen LogP contribution in [0.1, 0.15) is 298 Å². The van der Waals surface area contributed by atoms with Crippen LogP contribution in [0, 0.1) is 11.8 Å². The molecule has 0 aliphatic heterocycles. The van der Waals surface area contributed by atoms with Crippen LogP contribution in [-0.2, 0) is 65.4 Å². The summed E-state index contributed by atoms with van der Waals surface area (Å²) in [4.78, 5) is 72.3. The van der Waals surface area contributed by atoms with E-state index in [0.29, 0.717) is 37.5 Å². The van der Waals surface area contributed by atoms with Gasteiger partial charge in [0, 0.05) is 25.7 Å². The fraction of sp³-hybridized carbons (Fsp3) is 0.826. The summed E-state index contributed by atoms with van der Waals surface area (Å²) in [5.74, 6) is -0.857. The highest BCUT2D eigenvalue weighted by molar-refractivity contribution is 7.47. The number of phosphoric ester groups is 2. The number of rotatable bonds is 64. The molecule has 19 heteroatoms. The molecule has 514 valence electrons. The Morgan fingerprint density at radius 3 is 0.920 bits per heavy atom. The van der Waals surface area contributed by atoms with Gasteiger partial charge in [-0.15, -0.1) is 0 Å². The van der Waals surface area contributed by atoms with Gasteiger partial charge in [-0.3, -0.25) is 37.3 Å². The minimum atomic E-state index is -4.96. The van der Waals surface area contributed by atoms with Crippen LogP contribution < -0.4 is 0 Å². The molecule has 0 rings (SSSR count). The summed E-state index contributed by atoms with van der Waals surface area (Å²) < 4.78 is 68.0. The van der Waals surface area contributed by atoms with E-state index in [1.165, 1.54) is 77.0 Å². The Hall–Kier alpha value is -2.98. The third kappa shape index (κ3) is 61.9. The molecule has 5 atom stereocenters. The lowest BCUT2D eigenvalue weighted by atomic mass is 10.0. The van der Waals surface area contributed by atoms with Crippen molar-refractivity contribution in [3.63, 3.8) is 0 Å². The molecule has 0 aromatic rings. The first-order valence-corrected chi connectivity index (χ1v) is 37.6. The maximum absolute atomic E-state index is 13.0. The largest absolute Gasteiger partial charge is 0.472 e. The zero-order chi connectivity index (χ0) is 65.0. The first-order chi connectivity index (χ1) is 42.4. The van der Waals surface area contributed by atoms with Crippen molar-refractivity contribution in [2.24, 2.45) is 11.8 Å². The van der Waals surface area contributed by atoms with Gasteiger partial charge >= 0.3 is 39.5 Å². The monoisotopic (exact) mass is 1290 g/mol. The molecule has 3 N–H and O–H groups in total. The van der Waals surface area contributed by atoms with Gasteiger partial charge in [0.15, 0.2) is 12.2 Å². The average molecular weight is 1290 g/mol. The lowest BCUT2D eigenvalue weighted by Crippen LogP contribution is -2.30. The second-order valence-electron chi connectivity index (χ2n) is 24.5. The van der Waals surface area contributed by atoms with Crippen LogP contribution in [0.5, 0.6) is 0 Å². The van der Waals surface area contributed by atoms with Crippen LogP contribution in [0.15, 0.2) is 48.6 Å². The Bertz CT molecular complexity index is 1900. The maximum Gasteiger partial charge on any atom is 0.472 e. The molecule has 0 spiro atoms. The highest BCUT2D eigenvalue weighted by atomic mass is 31.2. The molecule has 0 saturated carbocycles. The molecule has 0 radical (unpaired) electrons. The predicted molar refractivity (Wildman–Crippen MR) is 353 cm³/mol. The molecular formula is C69H126O17P2. The standard InChI is InChI=1S/C69H126O17P2/c1-7-9-11-13-15-17-19-21-23-25-27-29-31-39-45-51-66(71)79-57-65(86-69(74)54-48-42-36-34-38-44-50-62(5)6)60-84-88(77,78)82-56-63(70)55-81-87(75,76)83-59-64(58-80-67(72)52-46-40-35-33-37-43-49-61(3)4)85-68(73)53-47-41-32-30-28-26-24-22-20-18-16-14-12-10-8-2/h17-24,61-65,70H,7-16,25-60H2,1-6H3,(H,75,76)(H,77,78)/b19-17-,20-18-,23-21-,24-22-/t63-,64+,65+/m0/s1. The van der Waals surface area contributed by atoms with Gasteiger partial charge in [-0.25, -0.2) is 9.13 Å². The van der Waals surface area contributed by atoms with E-state index in [9.17, 15) is 43.2 Å². The molecule has 88 heavy (non-hydrogen) atoms. The average Bonchev–Trinajstić information content (AvgIpc) is 3.70. The number of phosphoric acid groups is 2. The van der Waals surface area contributed by atoms with Crippen molar-refractivity contribution in [2.75, 3.05) is 39.6 Å². The SMILES string of the molecule is CCCCCC/C=C\C=C/CCCCCCCC(=O)OC[C@H](COP(=O)(O)OC[C@@H](O)COP(=O)(O)OC[C@@H](COC(=O)CCCCCCCCC(C)C)OC(=O)CCCCCCC/C=C\C=C/CCCCCC)OC(=O)CCCCCCCCC(C)C. The van der Waals surface area contributed by atoms with Crippen LogP contribution in [0.2, 0.25) is 0 Å². The lowest BCUT2D eigenvalue weighted by Gasteiger charge is -2.21. The van der Waals surface area contributed by atoms with Gasteiger partial charge < -0.3 is 33.8 Å². The van der Waals surface area contributed by atoms with Gasteiger partial charge in [0.2, 0.25) is 0 Å². The molecule has 0 bridgehead atoms. The van der Waals surface area contributed by atoms with E-state index >= 15 is 0 Å². The molecular weight excluding hydrogens is 1160 g/mol. The molecule has 0 aromatic carbocycles. The Kier molecular flexibility index (Phi) is 58.2. The van der Waals surface area contributed by atoms with E-state index in [2.05, 4.69) is 90.2 Å². The third-order valence-electron chi connectivity index (χ3n) is 14.7. The quantitative estimate of drug-likeness (QED) is 0.0169. The number of aliphatic hydroxyl groups is 1. The number of ether oxygens (including phenoxy) is 4. The molecule has 0 aliphatic rings. The van der Waals surface area contributed by atoms with Crippen molar-refractivity contribution in [1.29, 1.82) is 0 Å². The molecule has 0 fully saturated rings. The van der Waals surface area contributed by atoms with Crippen LogP contribution in [0.25, 0.3) is 0 Å². The second-order valence-corrected chi connectivity index (χ2v) is 27.4. The fourth-order valence-electron chi connectivity index (χ4n) is 9.33. The Labute approximate surface area is 534 Å². The maximum atomic E-state index is 13.0. The smallest absolute Gasteiger partial charge is 0.462 e. The van der Waals surface area contributed by atoms with Gasteiger partial charge in [-0.2, -0.15) is 0 Å². The zero-order valence-corrected chi connectivity index (χ0v) is 57.8. The van der Waals surface area contributed by atoms with E-state index in [1.54, 1.807) is 0 Å². The molecule has 0 heterocycles. The minimum absolute atomic E-state index is 0.0811. The molecule has 0 amide bonds. The van der Waals surface area contributed by atoms with E-state index < -0.39 is 97.5 Å². The fourth-order valence-corrected chi connectivity index (χ4v) is 10.9. The van der Waals surface area contributed by atoms with Crippen molar-refractivity contribution >= 4 is 39.5 Å². The lowest BCUT2D eigenvalue weighted by molar-refractivity contribution is -0.161. The first kappa shape index (κ1) is 85.0. The predicted octanol–water partition coefficient (Wildman–Crippen LogP) is 18.7. The summed E-state index contributed by atoms with van der Waals surface area (Å²) in [6, 6.07) is 0. The number of aliphatic hydroxyl groups excluding tert-OH is 1. The van der Waals surface area contributed by atoms with Crippen LogP contribution in [-0.4, -0.2) is 96.7 Å². The van der Waals surface area contributed by atoms with Gasteiger partial charge in [0.05, 0.1) is 26.4 Å².